The first-order valence-electron chi connectivity index (χ1n) is 4.66. The van der Waals surface area contributed by atoms with Gasteiger partial charge in [-0.15, -0.1) is 0 Å². The first kappa shape index (κ1) is 12.6. The van der Waals surface area contributed by atoms with Crippen LogP contribution in [0.1, 0.15) is 34.1 Å². The van der Waals surface area contributed by atoms with Crippen molar-refractivity contribution in [1.82, 2.24) is 0 Å². The fourth-order valence-corrected chi connectivity index (χ4v) is 0.775. The van der Waals surface area contributed by atoms with Crippen molar-refractivity contribution in [1.29, 1.82) is 0 Å². The molecule has 3 heteroatoms. The second kappa shape index (κ2) is 5.35. The third-order valence-electron chi connectivity index (χ3n) is 1.96. The Hall–Kier alpha value is -0.410. The van der Waals surface area contributed by atoms with Crippen molar-refractivity contribution in [3.05, 3.63) is 0 Å². The zero-order chi connectivity index (χ0) is 10.5. The summed E-state index contributed by atoms with van der Waals surface area (Å²) in [6, 6.07) is 0. The van der Waals surface area contributed by atoms with Gasteiger partial charge >= 0.3 is 0 Å². The summed E-state index contributed by atoms with van der Waals surface area (Å²) in [5, 5.41) is 8.71. The molecule has 0 rings (SSSR count). The molecule has 78 valence electrons. The average Bonchev–Trinajstić information content (AvgIpc) is 2.00. The van der Waals surface area contributed by atoms with Crippen molar-refractivity contribution in [2.24, 2.45) is 5.92 Å². The van der Waals surface area contributed by atoms with Gasteiger partial charge in [0.1, 0.15) is 6.61 Å². The van der Waals surface area contributed by atoms with Crippen molar-refractivity contribution in [3.8, 4) is 0 Å². The molecule has 0 spiro atoms. The monoisotopic (exact) mass is 188 g/mol. The summed E-state index contributed by atoms with van der Waals surface area (Å²) in [7, 11) is 0. The molecule has 1 N–H and O–H groups in total. The van der Waals surface area contributed by atoms with Gasteiger partial charge in [-0.2, -0.15) is 0 Å². The summed E-state index contributed by atoms with van der Waals surface area (Å²) in [6.45, 7) is 7.68. The van der Waals surface area contributed by atoms with E-state index in [9.17, 15) is 4.79 Å². The van der Waals surface area contributed by atoms with Crippen LogP contribution in [0.3, 0.4) is 0 Å². The second-order valence-corrected chi connectivity index (χ2v) is 4.14. The van der Waals surface area contributed by atoms with Gasteiger partial charge in [-0.05, 0) is 20.3 Å². The first-order chi connectivity index (χ1) is 5.89. The van der Waals surface area contributed by atoms with E-state index in [-0.39, 0.29) is 24.9 Å². The van der Waals surface area contributed by atoms with Gasteiger partial charge in [-0.25, -0.2) is 0 Å². The highest BCUT2D eigenvalue weighted by Crippen LogP contribution is 2.13. The largest absolute Gasteiger partial charge is 0.396 e. The lowest BCUT2D eigenvalue weighted by Crippen LogP contribution is -2.30. The van der Waals surface area contributed by atoms with Gasteiger partial charge in [0.2, 0.25) is 0 Å². The molecule has 0 bridgehead atoms. The third-order valence-corrected chi connectivity index (χ3v) is 1.96. The highest BCUT2D eigenvalue weighted by molar-refractivity contribution is 5.81. The van der Waals surface area contributed by atoms with Crippen LogP contribution < -0.4 is 0 Å². The van der Waals surface area contributed by atoms with E-state index >= 15 is 0 Å². The van der Waals surface area contributed by atoms with Crippen LogP contribution in [-0.2, 0) is 9.53 Å². The molecule has 0 aromatic heterocycles. The molecular weight excluding hydrogens is 168 g/mol. The van der Waals surface area contributed by atoms with Gasteiger partial charge in [-0.3, -0.25) is 4.79 Å². The molecule has 0 unspecified atom stereocenters. The predicted molar refractivity (Wildman–Crippen MR) is 51.6 cm³/mol. The molecule has 0 saturated carbocycles. The van der Waals surface area contributed by atoms with Crippen LogP contribution in [0.2, 0.25) is 0 Å². The van der Waals surface area contributed by atoms with Gasteiger partial charge in [0.05, 0.1) is 5.60 Å². The Kier molecular flexibility index (Phi) is 5.18. The fraction of sp³-hybridized carbons (Fsp3) is 0.900. The van der Waals surface area contributed by atoms with Crippen molar-refractivity contribution in [3.63, 3.8) is 0 Å². The first-order valence-corrected chi connectivity index (χ1v) is 4.66. The Labute approximate surface area is 80.1 Å². The predicted octanol–water partition coefficient (Wildman–Crippen LogP) is 1.39. The molecule has 0 radical (unpaired) electrons. The molecule has 0 amide bonds. The minimum absolute atomic E-state index is 0.0185. The third kappa shape index (κ3) is 5.77. The summed E-state index contributed by atoms with van der Waals surface area (Å²) >= 11 is 0. The molecule has 0 atom stereocenters. The van der Waals surface area contributed by atoms with Crippen molar-refractivity contribution in [2.75, 3.05) is 13.2 Å². The lowest BCUT2D eigenvalue weighted by molar-refractivity contribution is -0.133. The number of carbonyl (C=O) groups is 1. The van der Waals surface area contributed by atoms with Crippen LogP contribution in [-0.4, -0.2) is 29.7 Å². The number of hydrogen-bond donors (Lipinski definition) is 1. The molecule has 0 heterocycles. The number of ether oxygens (including phenoxy) is 1. The van der Waals surface area contributed by atoms with E-state index in [0.717, 1.165) is 0 Å². The lowest BCUT2D eigenvalue weighted by Gasteiger charge is -2.24. The number of ketones is 1. The molecule has 0 aromatic rings. The lowest BCUT2D eigenvalue weighted by atomic mass is 10.1. The van der Waals surface area contributed by atoms with Gasteiger partial charge in [0.15, 0.2) is 5.78 Å². The maximum Gasteiger partial charge on any atom is 0.161 e. The Bertz CT molecular complexity index is 162. The molecule has 13 heavy (non-hydrogen) atoms. The second-order valence-electron chi connectivity index (χ2n) is 4.14. The van der Waals surface area contributed by atoms with E-state index in [1.165, 1.54) is 0 Å². The molecule has 0 fully saturated rings. The van der Waals surface area contributed by atoms with Crippen LogP contribution in [0.4, 0.5) is 0 Å². The number of aliphatic hydroxyl groups is 1. The summed E-state index contributed by atoms with van der Waals surface area (Å²) < 4.78 is 5.38. The molecular formula is C10H20O3. The quantitative estimate of drug-likeness (QED) is 0.685. The van der Waals surface area contributed by atoms with E-state index in [1.54, 1.807) is 0 Å². The summed E-state index contributed by atoms with van der Waals surface area (Å²) in [5.41, 5.74) is -0.403. The molecule has 0 aliphatic rings. The minimum Gasteiger partial charge on any atom is -0.396 e. The zero-order valence-corrected chi connectivity index (χ0v) is 8.96. The Balaban J connectivity index is 3.80. The maximum absolute atomic E-state index is 11.2. The highest BCUT2D eigenvalue weighted by Gasteiger charge is 2.19. The standard InChI is InChI=1S/C10H20O3/c1-8(2)9(12)7-13-10(3,4)5-6-11/h8,11H,5-7H2,1-4H3. The highest BCUT2D eigenvalue weighted by atomic mass is 16.5. The summed E-state index contributed by atoms with van der Waals surface area (Å²) in [6.07, 6.45) is 0.554. The van der Waals surface area contributed by atoms with E-state index in [1.807, 2.05) is 27.7 Å². The molecule has 0 aliphatic heterocycles. The van der Waals surface area contributed by atoms with Gasteiger partial charge in [-0.1, -0.05) is 13.8 Å². The van der Waals surface area contributed by atoms with E-state index in [0.29, 0.717) is 6.42 Å². The van der Waals surface area contributed by atoms with Crippen LogP contribution in [0.5, 0.6) is 0 Å². The summed E-state index contributed by atoms with van der Waals surface area (Å²) in [5.74, 6) is 0.121. The fourth-order valence-electron chi connectivity index (χ4n) is 0.775. The number of hydrogen-bond acceptors (Lipinski definition) is 3. The van der Waals surface area contributed by atoms with E-state index in [4.69, 9.17) is 9.84 Å². The average molecular weight is 188 g/mol. The SMILES string of the molecule is CC(C)C(=O)COC(C)(C)CCO. The van der Waals surface area contributed by atoms with Crippen LogP contribution in [0.25, 0.3) is 0 Å². The molecule has 0 aromatic carbocycles. The Morgan fingerprint density at radius 3 is 2.38 bits per heavy atom. The molecule has 0 saturated heterocycles. The normalized spacial score (nSPS) is 12.2. The van der Waals surface area contributed by atoms with E-state index < -0.39 is 5.60 Å². The Morgan fingerprint density at radius 1 is 1.46 bits per heavy atom. The minimum atomic E-state index is -0.403. The Morgan fingerprint density at radius 2 is 2.00 bits per heavy atom. The van der Waals surface area contributed by atoms with Gasteiger partial charge in [0.25, 0.3) is 0 Å². The van der Waals surface area contributed by atoms with Crippen molar-refractivity contribution < 1.29 is 14.6 Å². The van der Waals surface area contributed by atoms with Crippen molar-refractivity contribution in [2.45, 2.75) is 39.7 Å². The number of rotatable bonds is 6. The van der Waals surface area contributed by atoms with E-state index in [2.05, 4.69) is 0 Å². The number of aliphatic hydroxyl groups excluding tert-OH is 1. The number of carbonyl (C=O) groups excluding carboxylic acids is 1. The molecule has 3 nitrogen and oxygen atoms in total. The number of Topliss-reactive ketones (excluding diaryl/α,β-unsaturated/α-hetero) is 1. The van der Waals surface area contributed by atoms with Gasteiger partial charge in [0, 0.05) is 12.5 Å². The van der Waals surface area contributed by atoms with Crippen LogP contribution >= 0.6 is 0 Å². The maximum atomic E-state index is 11.2. The topological polar surface area (TPSA) is 46.5 Å². The van der Waals surface area contributed by atoms with Gasteiger partial charge < -0.3 is 9.84 Å². The van der Waals surface area contributed by atoms with Crippen LogP contribution in [0, 0.1) is 5.92 Å². The molecule has 0 aliphatic carbocycles. The van der Waals surface area contributed by atoms with Crippen LogP contribution in [0.15, 0.2) is 0 Å². The smallest absolute Gasteiger partial charge is 0.161 e. The zero-order valence-electron chi connectivity index (χ0n) is 8.96. The van der Waals surface area contributed by atoms with Crippen molar-refractivity contribution >= 4 is 5.78 Å². The summed E-state index contributed by atoms with van der Waals surface area (Å²) in [4.78, 5) is 11.2.